The molecule has 2 aliphatic rings. The number of ether oxygens (including phenoxy) is 1. The van der Waals surface area contributed by atoms with Crippen LogP contribution in [0.3, 0.4) is 0 Å². The minimum absolute atomic E-state index is 0.0454. The van der Waals surface area contributed by atoms with Gasteiger partial charge in [0.05, 0.1) is 18.8 Å². The Labute approximate surface area is 225 Å². The van der Waals surface area contributed by atoms with Crippen molar-refractivity contribution < 1.29 is 23.2 Å². The van der Waals surface area contributed by atoms with Crippen LogP contribution >= 0.6 is 0 Å². The fraction of sp³-hybridized carbons (Fsp3) is 0.714. The molecule has 2 saturated heterocycles. The average molecular weight is 549 g/mol. The van der Waals surface area contributed by atoms with Gasteiger partial charge in [-0.3, -0.25) is 9.69 Å². The third kappa shape index (κ3) is 5.99. The average Bonchev–Trinajstić information content (AvgIpc) is 3.33. The number of rotatable bonds is 7. The number of amides is 2. The molecule has 7 nitrogen and oxygen atoms in total. The van der Waals surface area contributed by atoms with Gasteiger partial charge in [0.25, 0.3) is 0 Å². The quantitative estimate of drug-likeness (QED) is 0.419. The predicted octanol–water partition coefficient (Wildman–Crippen LogP) is 6.07. The second-order valence-corrected chi connectivity index (χ2v) is 23.2. The highest BCUT2D eigenvalue weighted by molar-refractivity contribution is 6.74. The number of benzene rings is 1. The summed E-state index contributed by atoms with van der Waals surface area (Å²) >= 11 is 0. The van der Waals surface area contributed by atoms with Crippen LogP contribution in [0.25, 0.3) is 0 Å². The predicted molar refractivity (Wildman–Crippen MR) is 152 cm³/mol. The van der Waals surface area contributed by atoms with Crippen LogP contribution in [0, 0.1) is 0 Å². The maximum absolute atomic E-state index is 13.8. The van der Waals surface area contributed by atoms with E-state index in [1.807, 2.05) is 30.3 Å². The molecule has 0 radical (unpaired) electrons. The third-order valence-corrected chi connectivity index (χ3v) is 18.0. The highest BCUT2D eigenvalue weighted by Gasteiger charge is 2.64. The first-order chi connectivity index (χ1) is 16.9. The van der Waals surface area contributed by atoms with E-state index in [9.17, 15) is 9.59 Å². The molecule has 1 N–H and O–H groups in total. The summed E-state index contributed by atoms with van der Waals surface area (Å²) in [5, 5.41) is 3.19. The number of nitrogens with zero attached hydrogens (tertiary/aromatic N) is 1. The fourth-order valence-corrected chi connectivity index (χ4v) is 6.95. The molecule has 2 aliphatic heterocycles. The molecule has 37 heavy (non-hydrogen) atoms. The molecular formula is C28H48N2O5Si2. The van der Waals surface area contributed by atoms with Crippen molar-refractivity contribution in [3.8, 4) is 0 Å². The van der Waals surface area contributed by atoms with Crippen LogP contribution in [0.4, 0.5) is 4.79 Å². The van der Waals surface area contributed by atoms with Gasteiger partial charge in [-0.25, -0.2) is 4.79 Å². The van der Waals surface area contributed by atoms with Crippen molar-refractivity contribution in [1.29, 1.82) is 0 Å². The molecule has 9 heteroatoms. The summed E-state index contributed by atoms with van der Waals surface area (Å²) in [5.41, 5.74) is -0.181. The molecule has 2 fully saturated rings. The molecule has 2 amide bonds. The molecule has 3 rings (SSSR count). The number of carbonyl (C=O) groups excluding carboxylic acids is 2. The molecule has 0 bridgehead atoms. The first-order valence-electron chi connectivity index (χ1n) is 13.5. The van der Waals surface area contributed by atoms with E-state index in [-0.39, 0.29) is 28.6 Å². The van der Waals surface area contributed by atoms with Gasteiger partial charge in [-0.2, -0.15) is 0 Å². The molecule has 0 saturated carbocycles. The first kappa shape index (κ1) is 29.9. The maximum Gasteiger partial charge on any atom is 0.411 e. The third-order valence-electron chi connectivity index (χ3n) is 9.05. The van der Waals surface area contributed by atoms with Gasteiger partial charge in [0, 0.05) is 6.54 Å². The number of likely N-dealkylation sites (tertiary alicyclic amines) is 1. The number of nitrogens with one attached hydrogen (secondary N) is 1. The number of hydrogen-bond donors (Lipinski definition) is 1. The second kappa shape index (κ2) is 10.5. The topological polar surface area (TPSA) is 77.1 Å². The van der Waals surface area contributed by atoms with E-state index < -0.39 is 34.4 Å². The number of carbonyl (C=O) groups is 2. The van der Waals surface area contributed by atoms with Gasteiger partial charge in [-0.15, -0.1) is 0 Å². The Morgan fingerprint density at radius 2 is 1.62 bits per heavy atom. The van der Waals surface area contributed by atoms with E-state index in [4.69, 9.17) is 13.6 Å². The Hall–Kier alpha value is -1.69. The lowest BCUT2D eigenvalue weighted by molar-refractivity contribution is -0.130. The summed E-state index contributed by atoms with van der Waals surface area (Å²) in [6.45, 7) is 23.0. The summed E-state index contributed by atoms with van der Waals surface area (Å²) < 4.78 is 19.3. The zero-order valence-corrected chi connectivity index (χ0v) is 26.6. The minimum atomic E-state index is -2.30. The van der Waals surface area contributed by atoms with Gasteiger partial charge < -0.3 is 18.9 Å². The van der Waals surface area contributed by atoms with Crippen LogP contribution < -0.4 is 5.32 Å². The summed E-state index contributed by atoms with van der Waals surface area (Å²) in [4.78, 5) is 28.9. The van der Waals surface area contributed by atoms with Crippen LogP contribution in [0.15, 0.2) is 30.3 Å². The largest absolute Gasteiger partial charge is 0.445 e. The van der Waals surface area contributed by atoms with Crippen LogP contribution in [-0.4, -0.2) is 64.4 Å². The minimum Gasteiger partial charge on any atom is -0.445 e. The van der Waals surface area contributed by atoms with Crippen LogP contribution in [0.5, 0.6) is 0 Å². The first-order valence-corrected chi connectivity index (χ1v) is 19.4. The number of hydrogen-bond acceptors (Lipinski definition) is 5. The van der Waals surface area contributed by atoms with Crippen LogP contribution in [0.2, 0.25) is 36.3 Å². The maximum atomic E-state index is 13.8. The molecule has 3 atom stereocenters. The Balaban J connectivity index is 1.92. The fourth-order valence-electron chi connectivity index (χ4n) is 4.57. The van der Waals surface area contributed by atoms with Crippen molar-refractivity contribution in [3.63, 3.8) is 0 Å². The Bertz CT molecular complexity index is 971. The van der Waals surface area contributed by atoms with Crippen LogP contribution in [0.1, 0.15) is 59.9 Å². The van der Waals surface area contributed by atoms with Gasteiger partial charge >= 0.3 is 6.09 Å². The highest BCUT2D eigenvalue weighted by atomic mass is 28.4. The van der Waals surface area contributed by atoms with Crippen molar-refractivity contribution in [1.82, 2.24) is 10.2 Å². The van der Waals surface area contributed by atoms with Gasteiger partial charge in [0.2, 0.25) is 5.91 Å². The van der Waals surface area contributed by atoms with E-state index in [0.29, 0.717) is 19.6 Å². The van der Waals surface area contributed by atoms with E-state index in [1.165, 1.54) is 0 Å². The Kier molecular flexibility index (Phi) is 8.45. The highest BCUT2D eigenvalue weighted by Crippen LogP contribution is 2.46. The SMILES string of the molecule is CC(C)(C)[Si](C)(C)OCC1NC(=O)[C@@]2(CCCN2C(=O)OCc2ccccc2)[C@H]1O[Si](C)(C)C(C)(C)C. The van der Waals surface area contributed by atoms with E-state index >= 15 is 0 Å². The van der Waals surface area contributed by atoms with Crippen molar-refractivity contribution in [3.05, 3.63) is 35.9 Å². The summed E-state index contributed by atoms with van der Waals surface area (Å²) in [5.74, 6) is -0.158. The van der Waals surface area contributed by atoms with Gasteiger partial charge in [0.15, 0.2) is 22.2 Å². The lowest BCUT2D eigenvalue weighted by Gasteiger charge is -2.45. The van der Waals surface area contributed by atoms with E-state index in [1.54, 1.807) is 4.90 Å². The monoisotopic (exact) mass is 548 g/mol. The molecule has 0 aromatic heterocycles. The molecule has 1 unspecified atom stereocenters. The lowest BCUT2D eigenvalue weighted by Crippen LogP contribution is -2.62. The molecule has 1 spiro atoms. The zero-order chi connectivity index (χ0) is 27.9. The van der Waals surface area contributed by atoms with Crippen molar-refractivity contribution in [2.24, 2.45) is 0 Å². The standard InChI is InChI=1S/C28H48N2O5Si2/c1-26(2,3)36(7,8)34-20-22-23(35-37(9,10)27(4,5)6)28(24(31)29-22)17-14-18-30(28)25(32)33-19-21-15-12-11-13-16-21/h11-13,15-16,22-23H,14,17-20H2,1-10H3,(H,29,31)/t22?,23-,28+/m0/s1. The van der Waals surface area contributed by atoms with E-state index in [2.05, 4.69) is 73.0 Å². The molecule has 208 valence electrons. The molecular weight excluding hydrogens is 500 g/mol. The lowest BCUT2D eigenvalue weighted by atomic mass is 9.89. The summed E-state index contributed by atoms with van der Waals surface area (Å²) in [6.07, 6.45) is 0.305. The molecule has 2 heterocycles. The summed E-state index contributed by atoms with van der Waals surface area (Å²) in [7, 11) is -4.36. The molecule has 1 aromatic carbocycles. The molecule has 1 aromatic rings. The van der Waals surface area contributed by atoms with Crippen molar-refractivity contribution in [2.45, 2.75) is 115 Å². The smallest absolute Gasteiger partial charge is 0.411 e. The van der Waals surface area contributed by atoms with Crippen molar-refractivity contribution in [2.75, 3.05) is 13.2 Å². The normalized spacial score (nSPS) is 25.0. The van der Waals surface area contributed by atoms with Crippen LogP contribution in [-0.2, 0) is 25.0 Å². The van der Waals surface area contributed by atoms with Gasteiger partial charge in [-0.1, -0.05) is 71.9 Å². The van der Waals surface area contributed by atoms with Gasteiger partial charge in [-0.05, 0) is 54.7 Å². The van der Waals surface area contributed by atoms with Gasteiger partial charge in [0.1, 0.15) is 6.61 Å². The Morgan fingerprint density at radius 1 is 1.03 bits per heavy atom. The Morgan fingerprint density at radius 3 is 2.19 bits per heavy atom. The molecule has 0 aliphatic carbocycles. The zero-order valence-electron chi connectivity index (χ0n) is 24.6. The van der Waals surface area contributed by atoms with E-state index in [0.717, 1.165) is 12.0 Å². The second-order valence-electron chi connectivity index (χ2n) is 13.7. The summed E-state index contributed by atoms with van der Waals surface area (Å²) in [6, 6.07) is 9.28. The van der Waals surface area contributed by atoms with Crippen molar-refractivity contribution >= 4 is 28.6 Å².